The van der Waals surface area contributed by atoms with Crippen LogP contribution in [0.15, 0.2) is 66.9 Å². The maximum Gasteiger partial charge on any atom is 0.231 e. The average molecular weight is 316 g/mol. The van der Waals surface area contributed by atoms with Crippen molar-refractivity contribution in [1.29, 1.82) is 0 Å². The molecule has 0 unspecified atom stereocenters. The minimum Gasteiger partial charge on any atom is -0.339 e. The highest BCUT2D eigenvalue weighted by molar-refractivity contribution is 5.89. The van der Waals surface area contributed by atoms with Crippen LogP contribution in [0.25, 0.3) is 11.0 Å². The van der Waals surface area contributed by atoms with Crippen molar-refractivity contribution < 1.29 is 0 Å². The zero-order valence-corrected chi connectivity index (χ0v) is 13.1. The van der Waals surface area contributed by atoms with E-state index in [9.17, 15) is 0 Å². The van der Waals surface area contributed by atoms with Crippen molar-refractivity contribution in [2.45, 2.75) is 0 Å². The van der Waals surface area contributed by atoms with Crippen molar-refractivity contribution in [2.75, 3.05) is 10.6 Å². The number of nitrogens with zero attached hydrogens (tertiary/aromatic N) is 4. The Kier molecular flexibility index (Phi) is 3.55. The van der Waals surface area contributed by atoms with Gasteiger partial charge < -0.3 is 10.6 Å². The maximum atomic E-state index is 4.62. The van der Waals surface area contributed by atoms with E-state index in [-0.39, 0.29) is 0 Å². The number of para-hydroxylation sites is 2. The van der Waals surface area contributed by atoms with E-state index in [0.717, 1.165) is 28.2 Å². The lowest BCUT2D eigenvalue weighted by atomic mass is 10.3. The number of nitrogens with one attached hydrogen (secondary N) is 2. The molecule has 4 aromatic rings. The van der Waals surface area contributed by atoms with Gasteiger partial charge in [0.05, 0.1) is 11.6 Å². The van der Waals surface area contributed by atoms with Crippen LogP contribution in [0.1, 0.15) is 0 Å². The van der Waals surface area contributed by atoms with Crippen molar-refractivity contribution in [3.05, 3.63) is 66.9 Å². The molecule has 0 aliphatic rings. The lowest BCUT2D eigenvalue weighted by Crippen LogP contribution is -2.03. The van der Waals surface area contributed by atoms with Gasteiger partial charge in [0.25, 0.3) is 0 Å². The second kappa shape index (κ2) is 6.00. The second-order valence-corrected chi connectivity index (χ2v) is 5.38. The summed E-state index contributed by atoms with van der Waals surface area (Å²) in [4.78, 5) is 9.19. The molecule has 0 atom stereocenters. The first kappa shape index (κ1) is 14.2. The Bertz CT molecular complexity index is 963. The normalized spacial score (nSPS) is 10.7. The summed E-state index contributed by atoms with van der Waals surface area (Å²) in [7, 11) is 1.87. The minimum atomic E-state index is 0.524. The highest BCUT2D eigenvalue weighted by Crippen LogP contribution is 2.25. The summed E-state index contributed by atoms with van der Waals surface area (Å²) >= 11 is 0. The number of fused-ring (bicyclic) bond motifs is 1. The Hall–Kier alpha value is -3.41. The Morgan fingerprint density at radius 2 is 1.42 bits per heavy atom. The molecule has 0 spiro atoms. The molecule has 24 heavy (non-hydrogen) atoms. The van der Waals surface area contributed by atoms with Gasteiger partial charge in [0, 0.05) is 18.4 Å². The molecule has 0 fully saturated rings. The first-order valence-electron chi connectivity index (χ1n) is 7.63. The van der Waals surface area contributed by atoms with Crippen molar-refractivity contribution in [3.63, 3.8) is 0 Å². The molecular formula is C18H16N6. The van der Waals surface area contributed by atoms with Gasteiger partial charge in [-0.3, -0.25) is 4.68 Å². The Morgan fingerprint density at radius 3 is 2.08 bits per heavy atom. The largest absolute Gasteiger partial charge is 0.339 e. The summed E-state index contributed by atoms with van der Waals surface area (Å²) in [6.45, 7) is 0. The van der Waals surface area contributed by atoms with E-state index in [1.807, 2.05) is 67.7 Å². The molecule has 118 valence electrons. The Morgan fingerprint density at radius 1 is 0.792 bits per heavy atom. The van der Waals surface area contributed by atoms with E-state index in [0.29, 0.717) is 5.95 Å². The molecule has 0 aliphatic heterocycles. The average Bonchev–Trinajstić information content (AvgIpc) is 2.98. The molecule has 6 heteroatoms. The SMILES string of the molecule is Cn1ncc2c(Nc3ccccc3)nc(Nc3ccccc3)nc21. The van der Waals surface area contributed by atoms with Crippen molar-refractivity contribution >= 4 is 34.2 Å². The zero-order chi connectivity index (χ0) is 16.4. The van der Waals surface area contributed by atoms with Gasteiger partial charge in [0.15, 0.2) is 5.65 Å². The molecule has 0 bridgehead atoms. The van der Waals surface area contributed by atoms with E-state index in [2.05, 4.69) is 25.7 Å². The monoisotopic (exact) mass is 316 g/mol. The second-order valence-electron chi connectivity index (χ2n) is 5.38. The van der Waals surface area contributed by atoms with Crippen LogP contribution in [0, 0.1) is 0 Å². The molecule has 2 N–H and O–H groups in total. The summed E-state index contributed by atoms with van der Waals surface area (Å²) < 4.78 is 1.74. The first-order valence-corrected chi connectivity index (χ1v) is 7.63. The number of hydrogen-bond donors (Lipinski definition) is 2. The highest BCUT2D eigenvalue weighted by atomic mass is 15.3. The quantitative estimate of drug-likeness (QED) is 0.598. The lowest BCUT2D eigenvalue weighted by molar-refractivity contribution is 0.786. The molecule has 2 aromatic carbocycles. The number of aromatic nitrogens is 4. The van der Waals surface area contributed by atoms with Gasteiger partial charge in [0.2, 0.25) is 5.95 Å². The van der Waals surface area contributed by atoms with Gasteiger partial charge in [-0.05, 0) is 24.3 Å². The van der Waals surface area contributed by atoms with Crippen LogP contribution in [0.3, 0.4) is 0 Å². The van der Waals surface area contributed by atoms with Gasteiger partial charge in [-0.25, -0.2) is 0 Å². The topological polar surface area (TPSA) is 67.7 Å². The van der Waals surface area contributed by atoms with Crippen LogP contribution in [-0.4, -0.2) is 19.7 Å². The number of aryl methyl sites for hydroxylation is 1. The van der Waals surface area contributed by atoms with Crippen LogP contribution in [0.4, 0.5) is 23.1 Å². The Balaban J connectivity index is 1.77. The highest BCUT2D eigenvalue weighted by Gasteiger charge is 2.12. The summed E-state index contributed by atoms with van der Waals surface area (Å²) in [6.07, 6.45) is 1.77. The van der Waals surface area contributed by atoms with Crippen molar-refractivity contribution in [1.82, 2.24) is 19.7 Å². The van der Waals surface area contributed by atoms with Gasteiger partial charge in [-0.15, -0.1) is 0 Å². The number of rotatable bonds is 4. The standard InChI is InChI=1S/C18H16N6/c1-24-17-15(12-19-24)16(20-13-8-4-2-5-9-13)22-18(23-17)21-14-10-6-3-7-11-14/h2-12H,1H3,(H2,20,21,22,23). The molecule has 6 nitrogen and oxygen atoms in total. The zero-order valence-electron chi connectivity index (χ0n) is 13.1. The minimum absolute atomic E-state index is 0.524. The fourth-order valence-electron chi connectivity index (χ4n) is 2.48. The van der Waals surface area contributed by atoms with Crippen LogP contribution in [0.5, 0.6) is 0 Å². The van der Waals surface area contributed by atoms with Gasteiger partial charge in [-0.1, -0.05) is 36.4 Å². The van der Waals surface area contributed by atoms with Gasteiger partial charge >= 0.3 is 0 Å². The molecular weight excluding hydrogens is 300 g/mol. The summed E-state index contributed by atoms with van der Waals surface area (Å²) in [6, 6.07) is 19.8. The predicted octanol–water partition coefficient (Wildman–Crippen LogP) is 3.85. The first-order chi connectivity index (χ1) is 11.8. The molecule has 2 heterocycles. The number of hydrogen-bond acceptors (Lipinski definition) is 5. The van der Waals surface area contributed by atoms with E-state index >= 15 is 0 Å². The Labute approximate surface area is 139 Å². The van der Waals surface area contributed by atoms with E-state index in [4.69, 9.17) is 0 Å². The summed E-state index contributed by atoms with van der Waals surface area (Å²) in [5.74, 6) is 1.24. The van der Waals surface area contributed by atoms with Crippen LogP contribution in [-0.2, 0) is 7.05 Å². The molecule has 2 aromatic heterocycles. The van der Waals surface area contributed by atoms with E-state index in [1.54, 1.807) is 10.9 Å². The smallest absolute Gasteiger partial charge is 0.231 e. The van der Waals surface area contributed by atoms with Gasteiger partial charge in [0.1, 0.15) is 5.82 Å². The van der Waals surface area contributed by atoms with Crippen molar-refractivity contribution in [3.8, 4) is 0 Å². The van der Waals surface area contributed by atoms with Crippen LogP contribution >= 0.6 is 0 Å². The number of anilines is 4. The van der Waals surface area contributed by atoms with Gasteiger partial charge in [-0.2, -0.15) is 15.1 Å². The molecule has 0 radical (unpaired) electrons. The van der Waals surface area contributed by atoms with E-state index < -0.39 is 0 Å². The molecule has 0 saturated carbocycles. The van der Waals surface area contributed by atoms with Crippen LogP contribution in [0.2, 0.25) is 0 Å². The number of benzene rings is 2. The summed E-state index contributed by atoms with van der Waals surface area (Å²) in [5.41, 5.74) is 2.67. The fraction of sp³-hybridized carbons (Fsp3) is 0.0556. The lowest BCUT2D eigenvalue weighted by Gasteiger charge is -2.10. The third kappa shape index (κ3) is 2.77. The summed E-state index contributed by atoms with van der Waals surface area (Å²) in [5, 5.41) is 11.7. The maximum absolute atomic E-state index is 4.62. The van der Waals surface area contributed by atoms with Crippen molar-refractivity contribution in [2.24, 2.45) is 7.05 Å². The molecule has 4 rings (SSSR count). The molecule has 0 saturated heterocycles. The fourth-order valence-corrected chi connectivity index (χ4v) is 2.48. The molecule has 0 amide bonds. The molecule has 0 aliphatic carbocycles. The van der Waals surface area contributed by atoms with E-state index in [1.165, 1.54) is 0 Å². The third-order valence-corrected chi connectivity index (χ3v) is 3.66. The van der Waals surface area contributed by atoms with Crippen LogP contribution < -0.4 is 10.6 Å². The predicted molar refractivity (Wildman–Crippen MR) is 95.8 cm³/mol. The third-order valence-electron chi connectivity index (χ3n) is 3.66.